The maximum atomic E-state index is 12.6. The number of likely N-dealkylation sites (N-methyl/N-ethyl adjacent to an activating group) is 2. The Hall–Kier alpha value is -2.18. The molecule has 2 heterocycles. The highest BCUT2D eigenvalue weighted by atomic mass is 16.2. The average molecular weight is 355 g/mol. The lowest BCUT2D eigenvalue weighted by Gasteiger charge is -2.23. The van der Waals surface area contributed by atoms with Crippen LogP contribution >= 0.6 is 0 Å². The molecule has 1 aliphatic rings. The van der Waals surface area contributed by atoms with Crippen molar-refractivity contribution in [2.24, 2.45) is 0 Å². The molecular formula is C20H29N5O. The van der Waals surface area contributed by atoms with Crippen molar-refractivity contribution in [1.82, 2.24) is 24.5 Å². The quantitative estimate of drug-likeness (QED) is 0.820. The third kappa shape index (κ3) is 4.93. The first-order chi connectivity index (χ1) is 12.5. The van der Waals surface area contributed by atoms with Crippen molar-refractivity contribution < 1.29 is 4.79 Å². The third-order valence-corrected chi connectivity index (χ3v) is 4.92. The van der Waals surface area contributed by atoms with Gasteiger partial charge < -0.3 is 9.80 Å². The van der Waals surface area contributed by atoms with Crippen LogP contribution in [0.25, 0.3) is 5.69 Å². The van der Waals surface area contributed by atoms with E-state index in [0.717, 1.165) is 43.9 Å². The lowest BCUT2D eigenvalue weighted by molar-refractivity contribution is -0.131. The number of aromatic nitrogens is 2. The summed E-state index contributed by atoms with van der Waals surface area (Å²) in [5, 5.41) is 4.44. The molecule has 6 heteroatoms. The van der Waals surface area contributed by atoms with Gasteiger partial charge in [-0.1, -0.05) is 12.1 Å². The molecule has 1 aromatic heterocycles. The van der Waals surface area contributed by atoms with Crippen LogP contribution in [0.5, 0.6) is 0 Å². The van der Waals surface area contributed by atoms with E-state index in [9.17, 15) is 4.79 Å². The molecule has 1 saturated heterocycles. The molecule has 1 amide bonds. The summed E-state index contributed by atoms with van der Waals surface area (Å²) in [5.41, 5.74) is 3.28. The van der Waals surface area contributed by atoms with E-state index >= 15 is 0 Å². The zero-order chi connectivity index (χ0) is 18.5. The van der Waals surface area contributed by atoms with Gasteiger partial charge in [-0.25, -0.2) is 4.68 Å². The summed E-state index contributed by atoms with van der Waals surface area (Å²) in [5.74, 6) is 0.165. The van der Waals surface area contributed by atoms with Gasteiger partial charge in [-0.2, -0.15) is 5.10 Å². The SMILES string of the molecule is Cc1cccc(-n2cc(CN(C)C(=O)CN3CCCN(C)CC3)cn2)c1. The molecule has 1 aromatic carbocycles. The topological polar surface area (TPSA) is 44.6 Å². The number of hydrogen-bond donors (Lipinski definition) is 0. The molecule has 0 saturated carbocycles. The Balaban J connectivity index is 1.56. The van der Waals surface area contributed by atoms with Crippen LogP contribution in [0.3, 0.4) is 0 Å². The monoisotopic (exact) mass is 355 g/mol. The molecule has 2 aromatic rings. The Morgan fingerprint density at radius 3 is 2.88 bits per heavy atom. The number of carbonyl (C=O) groups is 1. The van der Waals surface area contributed by atoms with E-state index in [-0.39, 0.29) is 5.91 Å². The van der Waals surface area contributed by atoms with Gasteiger partial charge in [0, 0.05) is 38.4 Å². The number of carbonyl (C=O) groups excluding carboxylic acids is 1. The predicted octanol–water partition coefficient (Wildman–Crippen LogP) is 1.78. The Morgan fingerprint density at radius 1 is 1.23 bits per heavy atom. The van der Waals surface area contributed by atoms with Crippen LogP contribution in [0.1, 0.15) is 17.5 Å². The van der Waals surface area contributed by atoms with E-state index < -0.39 is 0 Å². The van der Waals surface area contributed by atoms with Crippen molar-refractivity contribution in [3.63, 3.8) is 0 Å². The first-order valence-electron chi connectivity index (χ1n) is 9.27. The smallest absolute Gasteiger partial charge is 0.236 e. The largest absolute Gasteiger partial charge is 0.340 e. The average Bonchev–Trinajstić information content (AvgIpc) is 2.98. The standard InChI is InChI=1S/C20H29N5O/c1-17-6-4-7-19(12-17)25-15-18(13-21-25)14-23(3)20(26)16-24-9-5-8-22(2)10-11-24/h4,6-7,12-13,15H,5,8-11,14,16H2,1-3H3. The minimum absolute atomic E-state index is 0.165. The second kappa shape index (κ2) is 8.47. The number of nitrogens with zero attached hydrogens (tertiary/aromatic N) is 5. The van der Waals surface area contributed by atoms with E-state index in [0.29, 0.717) is 13.1 Å². The molecule has 0 unspecified atom stereocenters. The Morgan fingerprint density at radius 2 is 2.08 bits per heavy atom. The molecule has 0 N–H and O–H groups in total. The number of aryl methyl sites for hydroxylation is 1. The summed E-state index contributed by atoms with van der Waals surface area (Å²) in [6, 6.07) is 8.23. The number of hydrogen-bond acceptors (Lipinski definition) is 4. The number of benzene rings is 1. The molecule has 6 nitrogen and oxygen atoms in total. The molecular weight excluding hydrogens is 326 g/mol. The van der Waals surface area contributed by atoms with Gasteiger partial charge in [0.25, 0.3) is 0 Å². The molecule has 3 rings (SSSR count). The molecule has 0 bridgehead atoms. The maximum absolute atomic E-state index is 12.6. The van der Waals surface area contributed by atoms with Crippen molar-refractivity contribution in [1.29, 1.82) is 0 Å². The van der Waals surface area contributed by atoms with Crippen molar-refractivity contribution in [3.05, 3.63) is 47.8 Å². The Bertz CT molecular complexity index is 741. The number of amides is 1. The summed E-state index contributed by atoms with van der Waals surface area (Å²) >= 11 is 0. The maximum Gasteiger partial charge on any atom is 0.236 e. The highest BCUT2D eigenvalue weighted by Gasteiger charge is 2.18. The molecule has 0 atom stereocenters. The second-order valence-electron chi connectivity index (χ2n) is 7.31. The lowest BCUT2D eigenvalue weighted by Crippen LogP contribution is -2.39. The summed E-state index contributed by atoms with van der Waals surface area (Å²) < 4.78 is 1.87. The number of rotatable bonds is 5. The summed E-state index contributed by atoms with van der Waals surface area (Å²) in [6.45, 7) is 7.24. The summed E-state index contributed by atoms with van der Waals surface area (Å²) in [6.07, 6.45) is 4.96. The van der Waals surface area contributed by atoms with Crippen molar-refractivity contribution in [2.75, 3.05) is 46.8 Å². The molecule has 140 valence electrons. The van der Waals surface area contributed by atoms with Crippen LogP contribution in [0.4, 0.5) is 0 Å². The summed E-state index contributed by atoms with van der Waals surface area (Å²) in [4.78, 5) is 19.0. The van der Waals surface area contributed by atoms with Gasteiger partial charge in [0.05, 0.1) is 18.4 Å². The fourth-order valence-electron chi connectivity index (χ4n) is 3.29. The highest BCUT2D eigenvalue weighted by Crippen LogP contribution is 2.12. The van der Waals surface area contributed by atoms with Gasteiger partial charge >= 0.3 is 0 Å². The van der Waals surface area contributed by atoms with E-state index in [1.165, 1.54) is 5.56 Å². The van der Waals surface area contributed by atoms with E-state index in [1.54, 1.807) is 4.90 Å². The van der Waals surface area contributed by atoms with E-state index in [1.807, 2.05) is 36.3 Å². The normalized spacial score (nSPS) is 16.4. The van der Waals surface area contributed by atoms with Gasteiger partial charge in [0.2, 0.25) is 5.91 Å². The van der Waals surface area contributed by atoms with Gasteiger partial charge in [-0.3, -0.25) is 9.69 Å². The molecule has 1 fully saturated rings. The van der Waals surface area contributed by atoms with Crippen LogP contribution < -0.4 is 0 Å². The molecule has 0 radical (unpaired) electrons. The molecule has 26 heavy (non-hydrogen) atoms. The molecule has 1 aliphatic heterocycles. The van der Waals surface area contributed by atoms with Crippen LogP contribution in [-0.2, 0) is 11.3 Å². The predicted molar refractivity (Wildman–Crippen MR) is 103 cm³/mol. The Labute approximate surface area is 156 Å². The molecule has 0 spiro atoms. The van der Waals surface area contributed by atoms with Gasteiger partial charge in [0.1, 0.15) is 0 Å². The fraction of sp³-hybridized carbons (Fsp3) is 0.500. The van der Waals surface area contributed by atoms with Crippen LogP contribution in [-0.4, -0.2) is 77.2 Å². The van der Waals surface area contributed by atoms with Gasteiger partial charge in [-0.05, 0) is 51.2 Å². The second-order valence-corrected chi connectivity index (χ2v) is 7.31. The van der Waals surface area contributed by atoms with Crippen molar-refractivity contribution in [2.45, 2.75) is 19.9 Å². The Kier molecular flexibility index (Phi) is 6.06. The fourth-order valence-corrected chi connectivity index (χ4v) is 3.29. The summed E-state index contributed by atoms with van der Waals surface area (Å²) in [7, 11) is 4.01. The van der Waals surface area contributed by atoms with Crippen LogP contribution in [0, 0.1) is 6.92 Å². The van der Waals surface area contributed by atoms with Crippen molar-refractivity contribution in [3.8, 4) is 5.69 Å². The third-order valence-electron chi connectivity index (χ3n) is 4.92. The van der Waals surface area contributed by atoms with Crippen LogP contribution in [0.15, 0.2) is 36.7 Å². The van der Waals surface area contributed by atoms with Gasteiger partial charge in [-0.15, -0.1) is 0 Å². The minimum Gasteiger partial charge on any atom is -0.340 e. The van der Waals surface area contributed by atoms with Crippen LogP contribution in [0.2, 0.25) is 0 Å². The zero-order valence-electron chi connectivity index (χ0n) is 16.1. The highest BCUT2D eigenvalue weighted by molar-refractivity contribution is 5.78. The minimum atomic E-state index is 0.165. The van der Waals surface area contributed by atoms with E-state index in [4.69, 9.17) is 0 Å². The van der Waals surface area contributed by atoms with E-state index in [2.05, 4.69) is 41.0 Å². The van der Waals surface area contributed by atoms with Gasteiger partial charge in [0.15, 0.2) is 0 Å². The molecule has 0 aliphatic carbocycles. The first-order valence-corrected chi connectivity index (χ1v) is 9.27. The first kappa shape index (κ1) is 18.6. The van der Waals surface area contributed by atoms with Crippen molar-refractivity contribution >= 4 is 5.91 Å². The zero-order valence-corrected chi connectivity index (χ0v) is 16.1. The lowest BCUT2D eigenvalue weighted by atomic mass is 10.2.